The lowest BCUT2D eigenvalue weighted by Crippen LogP contribution is -2.40. The second kappa shape index (κ2) is 11.1. The number of Topliss-reactive ketones (excluding diaryl/α,β-unsaturated/α-hetero) is 1. The maximum atomic E-state index is 13.7. The van der Waals surface area contributed by atoms with Gasteiger partial charge in [0, 0.05) is 36.6 Å². The number of amides is 1. The molecule has 5 nitrogen and oxygen atoms in total. The number of carbonyl (C=O) groups is 2. The molecule has 0 radical (unpaired) electrons. The van der Waals surface area contributed by atoms with Gasteiger partial charge in [-0.1, -0.05) is 24.3 Å². The zero-order valence-corrected chi connectivity index (χ0v) is 20.5. The molecule has 0 N–H and O–H groups in total. The van der Waals surface area contributed by atoms with Gasteiger partial charge in [0.2, 0.25) is 0 Å². The van der Waals surface area contributed by atoms with E-state index in [9.17, 15) is 18.4 Å². The molecule has 1 amide bonds. The third kappa shape index (κ3) is 5.66. The van der Waals surface area contributed by atoms with Crippen molar-refractivity contribution in [3.8, 4) is 11.5 Å². The van der Waals surface area contributed by atoms with Crippen LogP contribution < -0.4 is 9.47 Å². The van der Waals surface area contributed by atoms with Gasteiger partial charge in [-0.2, -0.15) is 0 Å². The number of carbonyl (C=O) groups excluding carboxylic acids is 2. The number of rotatable bonds is 7. The van der Waals surface area contributed by atoms with E-state index < -0.39 is 6.67 Å². The minimum absolute atomic E-state index is 0.00626. The molecule has 37 heavy (non-hydrogen) atoms. The quantitative estimate of drug-likeness (QED) is 0.434. The van der Waals surface area contributed by atoms with Gasteiger partial charge >= 0.3 is 0 Å². The topological polar surface area (TPSA) is 55.8 Å². The van der Waals surface area contributed by atoms with Gasteiger partial charge in [-0.25, -0.2) is 8.78 Å². The van der Waals surface area contributed by atoms with Crippen LogP contribution in [0.1, 0.15) is 45.8 Å². The number of ether oxygens (including phenoxy) is 2. The van der Waals surface area contributed by atoms with Crippen molar-refractivity contribution in [3.63, 3.8) is 0 Å². The summed E-state index contributed by atoms with van der Waals surface area (Å²) in [5, 5.41) is 0. The molecule has 3 aromatic rings. The lowest BCUT2D eigenvalue weighted by molar-refractivity contribution is -0.121. The molecule has 5 rings (SSSR count). The number of piperidine rings is 1. The van der Waals surface area contributed by atoms with Gasteiger partial charge in [-0.05, 0) is 72.4 Å². The largest absolute Gasteiger partial charge is 0.491 e. The van der Waals surface area contributed by atoms with E-state index in [1.807, 2.05) is 41.3 Å². The number of ketones is 1. The van der Waals surface area contributed by atoms with E-state index in [1.165, 1.54) is 12.1 Å². The average Bonchev–Trinajstić information content (AvgIpc) is 2.93. The fraction of sp³-hybridized carbons (Fsp3) is 0.333. The molecule has 0 aliphatic carbocycles. The summed E-state index contributed by atoms with van der Waals surface area (Å²) in [7, 11) is 0. The molecule has 0 bridgehead atoms. The number of benzene rings is 3. The van der Waals surface area contributed by atoms with Crippen molar-refractivity contribution >= 4 is 11.7 Å². The summed E-state index contributed by atoms with van der Waals surface area (Å²) in [5.74, 6) is 1.23. The monoisotopic (exact) mass is 505 g/mol. The molecule has 3 aromatic carbocycles. The molecular formula is C30H29F2NO4. The van der Waals surface area contributed by atoms with Gasteiger partial charge in [-0.3, -0.25) is 9.59 Å². The molecule has 0 spiro atoms. The first-order valence-corrected chi connectivity index (χ1v) is 12.6. The molecule has 0 saturated carbocycles. The SMILES string of the molecule is O=C1COc2ccc(C(=O)N3CCC(C(c4ccc(F)cc4)c4ccc(OCCF)cc4)CC3)cc2C1. The van der Waals surface area contributed by atoms with E-state index in [4.69, 9.17) is 9.47 Å². The number of likely N-dealkylation sites (tertiary alicyclic amines) is 1. The van der Waals surface area contributed by atoms with Crippen molar-refractivity contribution in [1.29, 1.82) is 0 Å². The van der Waals surface area contributed by atoms with Crippen molar-refractivity contribution in [2.24, 2.45) is 5.92 Å². The third-order valence-electron chi connectivity index (χ3n) is 7.20. The van der Waals surface area contributed by atoms with Crippen LogP contribution in [0.4, 0.5) is 8.78 Å². The molecule has 7 heteroatoms. The Bertz CT molecular complexity index is 1250. The fourth-order valence-corrected chi connectivity index (χ4v) is 5.37. The van der Waals surface area contributed by atoms with Crippen LogP contribution in [0.3, 0.4) is 0 Å². The normalized spacial score (nSPS) is 16.6. The van der Waals surface area contributed by atoms with Crippen LogP contribution in [0.5, 0.6) is 11.5 Å². The summed E-state index contributed by atoms with van der Waals surface area (Å²) in [6, 6.07) is 19.5. The molecule has 2 heterocycles. The average molecular weight is 506 g/mol. The van der Waals surface area contributed by atoms with E-state index in [1.54, 1.807) is 18.2 Å². The smallest absolute Gasteiger partial charge is 0.253 e. The minimum Gasteiger partial charge on any atom is -0.491 e. The summed E-state index contributed by atoms with van der Waals surface area (Å²) < 4.78 is 37.0. The minimum atomic E-state index is -0.547. The predicted molar refractivity (Wildman–Crippen MR) is 135 cm³/mol. The maximum Gasteiger partial charge on any atom is 0.253 e. The highest BCUT2D eigenvalue weighted by atomic mass is 19.1. The Morgan fingerprint density at radius 3 is 2.35 bits per heavy atom. The molecular weight excluding hydrogens is 476 g/mol. The van der Waals surface area contributed by atoms with Gasteiger partial charge in [-0.15, -0.1) is 0 Å². The number of fused-ring (bicyclic) bond motifs is 1. The van der Waals surface area contributed by atoms with Crippen molar-refractivity contribution in [2.75, 3.05) is 33.0 Å². The van der Waals surface area contributed by atoms with Crippen LogP contribution in [-0.4, -0.2) is 49.6 Å². The lowest BCUT2D eigenvalue weighted by Gasteiger charge is -2.37. The third-order valence-corrected chi connectivity index (χ3v) is 7.20. The summed E-state index contributed by atoms with van der Waals surface area (Å²) >= 11 is 0. The first-order chi connectivity index (χ1) is 18.0. The summed E-state index contributed by atoms with van der Waals surface area (Å²) in [6.07, 6.45) is 1.87. The van der Waals surface area contributed by atoms with E-state index in [2.05, 4.69) is 0 Å². The van der Waals surface area contributed by atoms with Crippen LogP contribution >= 0.6 is 0 Å². The van der Waals surface area contributed by atoms with Crippen LogP contribution in [0.15, 0.2) is 66.7 Å². The van der Waals surface area contributed by atoms with Crippen LogP contribution in [0, 0.1) is 11.7 Å². The molecule has 0 aromatic heterocycles. The maximum absolute atomic E-state index is 13.7. The Morgan fingerprint density at radius 1 is 1.00 bits per heavy atom. The highest BCUT2D eigenvalue weighted by Gasteiger charge is 2.31. The number of hydrogen-bond donors (Lipinski definition) is 0. The van der Waals surface area contributed by atoms with Gasteiger partial charge in [0.05, 0.1) is 0 Å². The van der Waals surface area contributed by atoms with E-state index >= 15 is 0 Å². The zero-order chi connectivity index (χ0) is 25.8. The highest BCUT2D eigenvalue weighted by Crippen LogP contribution is 2.39. The number of nitrogens with zero attached hydrogens (tertiary/aromatic N) is 1. The molecule has 2 aliphatic rings. The van der Waals surface area contributed by atoms with Gasteiger partial charge in [0.25, 0.3) is 5.91 Å². The Morgan fingerprint density at radius 2 is 1.68 bits per heavy atom. The van der Waals surface area contributed by atoms with Crippen molar-refractivity contribution in [2.45, 2.75) is 25.2 Å². The Labute approximate surface area is 215 Å². The second-order valence-electron chi connectivity index (χ2n) is 9.59. The van der Waals surface area contributed by atoms with Crippen LogP contribution in [-0.2, 0) is 11.2 Å². The summed E-state index contributed by atoms with van der Waals surface area (Å²) in [5.41, 5.74) is 3.41. The van der Waals surface area contributed by atoms with Gasteiger partial charge in [0.15, 0.2) is 5.78 Å². The molecule has 1 fully saturated rings. The highest BCUT2D eigenvalue weighted by molar-refractivity contribution is 5.95. The number of halogens is 2. The van der Waals surface area contributed by atoms with E-state index in [0.29, 0.717) is 30.2 Å². The lowest BCUT2D eigenvalue weighted by atomic mass is 9.76. The molecule has 192 valence electrons. The standard InChI is InChI=1S/C30H29F2NO4/c31-13-16-36-27-8-3-21(4-9-27)29(20-1-6-25(32)7-2-20)22-11-14-33(15-12-22)30(35)23-5-10-28-24(17-23)18-26(34)19-37-28/h1-10,17,22,29H,11-16,18-19H2. The fourth-order valence-electron chi connectivity index (χ4n) is 5.37. The zero-order valence-electron chi connectivity index (χ0n) is 20.5. The molecule has 1 atom stereocenters. The summed E-state index contributed by atoms with van der Waals surface area (Å²) in [4.78, 5) is 26.9. The number of alkyl halides is 1. The molecule has 1 saturated heterocycles. The number of hydrogen-bond acceptors (Lipinski definition) is 4. The van der Waals surface area contributed by atoms with Crippen LogP contribution in [0.25, 0.3) is 0 Å². The second-order valence-corrected chi connectivity index (χ2v) is 9.59. The Kier molecular flexibility index (Phi) is 7.49. The van der Waals surface area contributed by atoms with E-state index in [0.717, 1.165) is 29.5 Å². The molecule has 1 unspecified atom stereocenters. The van der Waals surface area contributed by atoms with Crippen molar-refractivity contribution in [3.05, 3.63) is 94.8 Å². The predicted octanol–water partition coefficient (Wildman–Crippen LogP) is 5.36. The van der Waals surface area contributed by atoms with E-state index in [-0.39, 0.29) is 49.0 Å². The molecule has 2 aliphatic heterocycles. The Balaban J connectivity index is 1.31. The Hall–Kier alpha value is -3.74. The van der Waals surface area contributed by atoms with Crippen molar-refractivity contribution < 1.29 is 27.8 Å². The first kappa shape index (κ1) is 24.9. The van der Waals surface area contributed by atoms with Crippen LogP contribution in [0.2, 0.25) is 0 Å². The van der Waals surface area contributed by atoms with Crippen molar-refractivity contribution in [1.82, 2.24) is 4.90 Å². The van der Waals surface area contributed by atoms with Gasteiger partial charge < -0.3 is 14.4 Å². The summed E-state index contributed by atoms with van der Waals surface area (Å²) in [6.45, 7) is 0.753. The first-order valence-electron chi connectivity index (χ1n) is 12.6. The van der Waals surface area contributed by atoms with Gasteiger partial charge in [0.1, 0.15) is 37.2 Å².